The molecule has 0 fully saturated rings. The third kappa shape index (κ3) is 3.66. The molecule has 1 aromatic rings. The van der Waals surface area contributed by atoms with Crippen molar-refractivity contribution in [3.05, 3.63) is 27.9 Å². The number of rotatable bonds is 6. The molecule has 1 rings (SSSR count). The summed E-state index contributed by atoms with van der Waals surface area (Å²) in [6, 6.07) is 1.41. The molecule has 0 aliphatic rings. The number of nitro groups is 1. The average molecular weight is 280 g/mol. The Balaban J connectivity index is 3.09. The molecule has 0 aliphatic heterocycles. The Morgan fingerprint density at radius 2 is 2.25 bits per heavy atom. The Morgan fingerprint density at radius 3 is 2.75 bits per heavy atom. The Kier molecular flexibility index (Phi) is 5.42. The zero-order valence-corrected chi connectivity index (χ0v) is 12.2. The molecule has 20 heavy (non-hydrogen) atoms. The second-order valence-corrected chi connectivity index (χ2v) is 4.79. The van der Waals surface area contributed by atoms with Crippen molar-refractivity contribution in [2.45, 2.75) is 20.3 Å². The van der Waals surface area contributed by atoms with Gasteiger partial charge in [0.05, 0.1) is 4.92 Å². The fourth-order valence-corrected chi connectivity index (χ4v) is 1.79. The van der Waals surface area contributed by atoms with E-state index in [9.17, 15) is 14.9 Å². The van der Waals surface area contributed by atoms with Crippen LogP contribution in [-0.4, -0.2) is 41.4 Å². The minimum atomic E-state index is -0.587. The maximum Gasteiger partial charge on any atom is 0.300 e. The highest BCUT2D eigenvalue weighted by Crippen LogP contribution is 2.22. The molecule has 1 unspecified atom stereocenters. The average Bonchev–Trinajstić information content (AvgIpc) is 2.45. The molecule has 1 atom stereocenters. The maximum absolute atomic E-state index is 12.4. The van der Waals surface area contributed by atoms with Crippen molar-refractivity contribution in [2.24, 2.45) is 5.92 Å². The lowest BCUT2D eigenvalue weighted by molar-refractivity contribution is -0.385. The summed E-state index contributed by atoms with van der Waals surface area (Å²) in [4.78, 5) is 28.2. The summed E-state index contributed by atoms with van der Waals surface area (Å²) in [6.07, 6.45) is 2.05. The number of amides is 1. The van der Waals surface area contributed by atoms with Gasteiger partial charge in [0.1, 0.15) is 17.6 Å². The summed E-state index contributed by atoms with van der Waals surface area (Å²) < 4.78 is 0. The van der Waals surface area contributed by atoms with Crippen LogP contribution >= 0.6 is 0 Å². The van der Waals surface area contributed by atoms with E-state index in [2.05, 4.69) is 10.3 Å². The van der Waals surface area contributed by atoms with E-state index in [0.29, 0.717) is 18.3 Å². The van der Waals surface area contributed by atoms with Crippen molar-refractivity contribution >= 4 is 17.4 Å². The first-order valence-electron chi connectivity index (χ1n) is 6.48. The third-order valence-corrected chi connectivity index (χ3v) is 3.20. The minimum absolute atomic E-state index is 0.0557. The molecule has 0 aromatic carbocycles. The summed E-state index contributed by atoms with van der Waals surface area (Å²) in [7, 11) is 3.29. The fourth-order valence-electron chi connectivity index (χ4n) is 1.79. The van der Waals surface area contributed by atoms with E-state index in [-0.39, 0.29) is 17.2 Å². The zero-order valence-electron chi connectivity index (χ0n) is 12.2. The molecule has 0 spiro atoms. The van der Waals surface area contributed by atoms with Crippen LogP contribution in [0.1, 0.15) is 30.6 Å². The van der Waals surface area contributed by atoms with Crippen LogP contribution in [0.3, 0.4) is 0 Å². The highest BCUT2D eigenvalue weighted by molar-refractivity contribution is 5.98. The number of carbonyl (C=O) groups excluding carboxylic acids is 1. The van der Waals surface area contributed by atoms with Crippen LogP contribution in [-0.2, 0) is 0 Å². The number of nitrogens with one attached hydrogen (secondary N) is 1. The third-order valence-electron chi connectivity index (χ3n) is 3.20. The molecule has 1 heterocycles. The molecule has 0 saturated carbocycles. The van der Waals surface area contributed by atoms with Crippen molar-refractivity contribution in [2.75, 3.05) is 26.0 Å². The molecule has 0 radical (unpaired) electrons. The molecule has 1 N–H and O–H groups in total. The van der Waals surface area contributed by atoms with Crippen LogP contribution in [0.15, 0.2) is 12.3 Å². The lowest BCUT2D eigenvalue weighted by Gasteiger charge is -2.20. The largest absolute Gasteiger partial charge is 0.373 e. The SMILES string of the molecule is CCC(C)CN(C)C(=O)c1cc(NC)ncc1[N+](=O)[O-]. The number of anilines is 1. The summed E-state index contributed by atoms with van der Waals surface area (Å²) in [5.41, 5.74) is -0.217. The van der Waals surface area contributed by atoms with Gasteiger partial charge in [0.25, 0.3) is 11.6 Å². The molecular weight excluding hydrogens is 260 g/mol. The van der Waals surface area contributed by atoms with Crippen LogP contribution < -0.4 is 5.32 Å². The summed E-state index contributed by atoms with van der Waals surface area (Å²) in [5.74, 6) is 0.403. The van der Waals surface area contributed by atoms with Gasteiger partial charge in [-0.1, -0.05) is 20.3 Å². The van der Waals surface area contributed by atoms with Crippen LogP contribution in [0, 0.1) is 16.0 Å². The second kappa shape index (κ2) is 6.83. The molecule has 1 amide bonds. The van der Waals surface area contributed by atoms with Gasteiger partial charge in [0.15, 0.2) is 0 Å². The van der Waals surface area contributed by atoms with Gasteiger partial charge >= 0.3 is 0 Å². The van der Waals surface area contributed by atoms with Crippen molar-refractivity contribution in [3.63, 3.8) is 0 Å². The number of carbonyl (C=O) groups is 1. The first kappa shape index (κ1) is 15.9. The predicted molar refractivity (Wildman–Crippen MR) is 76.9 cm³/mol. The van der Waals surface area contributed by atoms with E-state index in [1.165, 1.54) is 11.0 Å². The topological polar surface area (TPSA) is 88.4 Å². The monoisotopic (exact) mass is 280 g/mol. The standard InChI is InChI=1S/C13H20N4O3/c1-5-9(2)8-16(4)13(18)10-6-12(14-3)15-7-11(10)17(19)20/h6-7,9H,5,8H2,1-4H3,(H,14,15). The number of hydrogen-bond donors (Lipinski definition) is 1. The quantitative estimate of drug-likeness (QED) is 0.637. The summed E-state index contributed by atoms with van der Waals surface area (Å²) in [5, 5.41) is 13.8. The number of hydrogen-bond acceptors (Lipinski definition) is 5. The van der Waals surface area contributed by atoms with Crippen molar-refractivity contribution in [1.82, 2.24) is 9.88 Å². The van der Waals surface area contributed by atoms with Crippen molar-refractivity contribution in [3.8, 4) is 0 Å². The van der Waals surface area contributed by atoms with E-state index in [0.717, 1.165) is 12.6 Å². The first-order valence-corrected chi connectivity index (χ1v) is 6.48. The first-order chi connectivity index (χ1) is 9.40. The van der Waals surface area contributed by atoms with Crippen LogP contribution in [0.5, 0.6) is 0 Å². The summed E-state index contributed by atoms with van der Waals surface area (Å²) >= 11 is 0. The minimum Gasteiger partial charge on any atom is -0.373 e. The highest BCUT2D eigenvalue weighted by Gasteiger charge is 2.24. The molecule has 1 aromatic heterocycles. The molecule has 0 saturated heterocycles. The van der Waals surface area contributed by atoms with E-state index < -0.39 is 4.92 Å². The van der Waals surface area contributed by atoms with E-state index in [1.807, 2.05) is 13.8 Å². The van der Waals surface area contributed by atoms with Gasteiger partial charge in [-0.25, -0.2) is 4.98 Å². The lowest BCUT2D eigenvalue weighted by atomic mass is 10.1. The van der Waals surface area contributed by atoms with Gasteiger partial charge in [0, 0.05) is 26.7 Å². The van der Waals surface area contributed by atoms with Gasteiger partial charge in [-0.3, -0.25) is 14.9 Å². The molecule has 7 heteroatoms. The lowest BCUT2D eigenvalue weighted by Crippen LogP contribution is -2.31. The van der Waals surface area contributed by atoms with Crippen molar-refractivity contribution < 1.29 is 9.72 Å². The molecular formula is C13H20N4O3. The van der Waals surface area contributed by atoms with Gasteiger partial charge in [-0.05, 0) is 5.92 Å². The zero-order chi connectivity index (χ0) is 15.3. The normalized spacial score (nSPS) is 11.8. The predicted octanol–water partition coefficient (Wildman–Crippen LogP) is 2.15. The highest BCUT2D eigenvalue weighted by atomic mass is 16.6. The summed E-state index contributed by atoms with van der Waals surface area (Å²) in [6.45, 7) is 4.63. The molecule has 110 valence electrons. The van der Waals surface area contributed by atoms with Gasteiger partial charge in [-0.15, -0.1) is 0 Å². The van der Waals surface area contributed by atoms with Crippen LogP contribution in [0.2, 0.25) is 0 Å². The maximum atomic E-state index is 12.4. The Hall–Kier alpha value is -2.18. The molecule has 0 bridgehead atoms. The Labute approximate surface area is 118 Å². The van der Waals surface area contributed by atoms with Gasteiger partial charge < -0.3 is 10.2 Å². The van der Waals surface area contributed by atoms with Crippen LogP contribution in [0.25, 0.3) is 0 Å². The molecule has 0 aliphatic carbocycles. The Morgan fingerprint density at radius 1 is 1.60 bits per heavy atom. The Bertz CT molecular complexity index is 504. The van der Waals surface area contributed by atoms with E-state index in [1.54, 1.807) is 14.1 Å². The van der Waals surface area contributed by atoms with Crippen LogP contribution in [0.4, 0.5) is 11.5 Å². The van der Waals surface area contributed by atoms with E-state index in [4.69, 9.17) is 0 Å². The van der Waals surface area contributed by atoms with E-state index >= 15 is 0 Å². The smallest absolute Gasteiger partial charge is 0.300 e. The fraction of sp³-hybridized carbons (Fsp3) is 0.538. The number of aromatic nitrogens is 1. The second-order valence-electron chi connectivity index (χ2n) is 4.79. The van der Waals surface area contributed by atoms with Crippen molar-refractivity contribution in [1.29, 1.82) is 0 Å². The number of pyridine rings is 1. The number of nitrogens with zero attached hydrogens (tertiary/aromatic N) is 3. The van der Waals surface area contributed by atoms with Gasteiger partial charge in [0.2, 0.25) is 0 Å². The van der Waals surface area contributed by atoms with Gasteiger partial charge in [-0.2, -0.15) is 0 Å². The molecule has 7 nitrogen and oxygen atoms in total.